The second kappa shape index (κ2) is 5.81. The molecule has 1 atom stereocenters. The molecule has 1 unspecified atom stereocenters. The molecule has 5 nitrogen and oxygen atoms in total. The summed E-state index contributed by atoms with van der Waals surface area (Å²) in [7, 11) is 1.57. The molecule has 4 rings (SSSR count). The third-order valence-electron chi connectivity index (χ3n) is 4.66. The van der Waals surface area contributed by atoms with Crippen molar-refractivity contribution in [1.29, 1.82) is 0 Å². The normalized spacial score (nSPS) is 18.4. The van der Waals surface area contributed by atoms with Crippen LogP contribution in [0.1, 0.15) is 47.0 Å². The number of aromatic nitrogens is 1. The molecule has 1 aromatic heterocycles. The molecule has 1 aliphatic heterocycles. The summed E-state index contributed by atoms with van der Waals surface area (Å²) in [5, 5.41) is 9.93. The Labute approximate surface area is 153 Å². The maximum absolute atomic E-state index is 12.8. The molecule has 1 aromatic carbocycles. The summed E-state index contributed by atoms with van der Waals surface area (Å²) in [5.74, 6) is -0.594. The summed E-state index contributed by atoms with van der Waals surface area (Å²) in [6, 6.07) is 5.28. The van der Waals surface area contributed by atoms with E-state index >= 15 is 0 Å². The average Bonchev–Trinajstić information content (AvgIpc) is 3.39. The lowest BCUT2D eigenvalue weighted by Gasteiger charge is -2.28. The van der Waals surface area contributed by atoms with E-state index in [1.807, 2.05) is 19.1 Å². The van der Waals surface area contributed by atoms with Crippen LogP contribution in [0, 0.1) is 0 Å². The van der Waals surface area contributed by atoms with Crippen LogP contribution in [0.4, 0.5) is 0 Å². The Morgan fingerprint density at radius 2 is 2.08 bits per heavy atom. The van der Waals surface area contributed by atoms with Crippen LogP contribution in [0.15, 0.2) is 27.9 Å². The van der Waals surface area contributed by atoms with E-state index in [2.05, 4.69) is 0 Å². The molecule has 0 saturated heterocycles. The first-order valence-corrected chi connectivity index (χ1v) is 9.25. The Bertz CT molecular complexity index is 965. The highest BCUT2D eigenvalue weighted by molar-refractivity contribution is 7.99. The smallest absolute Gasteiger partial charge is 0.341 e. The molecule has 2 aromatic rings. The van der Waals surface area contributed by atoms with Gasteiger partial charge in [0.2, 0.25) is 0 Å². The zero-order chi connectivity index (χ0) is 17.9. The van der Waals surface area contributed by atoms with E-state index in [-0.39, 0.29) is 16.9 Å². The van der Waals surface area contributed by atoms with Crippen molar-refractivity contribution in [3.8, 4) is 17.0 Å². The summed E-state index contributed by atoms with van der Waals surface area (Å²) in [4.78, 5) is 25.3. The number of fused-ring (bicyclic) bond motifs is 3. The molecule has 2 aliphatic rings. The third kappa shape index (κ3) is 2.55. The zero-order valence-corrected chi connectivity index (χ0v) is 15.3. The van der Waals surface area contributed by atoms with Crippen molar-refractivity contribution in [2.45, 2.75) is 36.0 Å². The van der Waals surface area contributed by atoms with Crippen molar-refractivity contribution < 1.29 is 14.6 Å². The molecular weight excluding hydrogens is 362 g/mol. The number of ether oxygens (including phenoxy) is 1. The minimum Gasteiger partial charge on any atom is -0.495 e. The topological polar surface area (TPSA) is 68.5 Å². The summed E-state index contributed by atoms with van der Waals surface area (Å²) >= 11 is 7.93. The highest BCUT2D eigenvalue weighted by atomic mass is 35.5. The van der Waals surface area contributed by atoms with Crippen molar-refractivity contribution in [1.82, 2.24) is 4.57 Å². The van der Waals surface area contributed by atoms with Crippen LogP contribution in [-0.2, 0) is 0 Å². The van der Waals surface area contributed by atoms with Crippen molar-refractivity contribution >= 4 is 29.3 Å². The van der Waals surface area contributed by atoms with E-state index in [0.717, 1.165) is 34.6 Å². The van der Waals surface area contributed by atoms with Gasteiger partial charge in [-0.1, -0.05) is 11.6 Å². The van der Waals surface area contributed by atoms with Crippen LogP contribution < -0.4 is 10.3 Å². The van der Waals surface area contributed by atoms with Gasteiger partial charge in [0.1, 0.15) is 11.3 Å². The zero-order valence-electron chi connectivity index (χ0n) is 13.7. The Morgan fingerprint density at radius 1 is 1.36 bits per heavy atom. The number of hydrogen-bond acceptors (Lipinski definition) is 4. The molecule has 25 heavy (non-hydrogen) atoms. The monoisotopic (exact) mass is 377 g/mol. The van der Waals surface area contributed by atoms with Gasteiger partial charge in [-0.25, -0.2) is 4.79 Å². The van der Waals surface area contributed by atoms with Gasteiger partial charge < -0.3 is 14.4 Å². The van der Waals surface area contributed by atoms with Crippen molar-refractivity contribution in [2.75, 3.05) is 7.11 Å². The lowest BCUT2D eigenvalue weighted by Crippen LogP contribution is -2.29. The first-order valence-electron chi connectivity index (χ1n) is 7.99. The predicted molar refractivity (Wildman–Crippen MR) is 97.2 cm³/mol. The maximum atomic E-state index is 12.8. The average molecular weight is 378 g/mol. The van der Waals surface area contributed by atoms with Gasteiger partial charge in [0.25, 0.3) is 5.56 Å². The van der Waals surface area contributed by atoms with Gasteiger partial charge in [-0.05, 0) is 43.5 Å². The van der Waals surface area contributed by atoms with Gasteiger partial charge in [0.15, 0.2) is 0 Å². The molecule has 2 heterocycles. The largest absolute Gasteiger partial charge is 0.495 e. The first-order chi connectivity index (χ1) is 11.9. The number of rotatable bonds is 3. The van der Waals surface area contributed by atoms with Gasteiger partial charge >= 0.3 is 5.97 Å². The summed E-state index contributed by atoms with van der Waals surface area (Å²) in [6.45, 7) is 2.01. The second-order valence-electron chi connectivity index (χ2n) is 6.32. The van der Waals surface area contributed by atoms with E-state index in [0.29, 0.717) is 10.8 Å². The molecule has 1 saturated carbocycles. The Balaban J connectivity index is 2.07. The molecular formula is C18H16ClNO4S. The summed E-state index contributed by atoms with van der Waals surface area (Å²) in [6.07, 6.45) is 1.77. The fraction of sp³-hybridized carbons (Fsp3) is 0.333. The number of halogens is 1. The standard InChI is InChI=1S/C18H16ClNO4S/c1-8-10-5-12(18(22)23)17(21)20(9-3-4-9)16(10)11-6-13(19)14(24-2)7-15(11)25-8/h5-9H,3-4H2,1-2H3,(H,22,23). The number of methoxy groups -OCH3 is 1. The van der Waals surface area contributed by atoms with Gasteiger partial charge in [0.05, 0.1) is 17.8 Å². The Morgan fingerprint density at radius 3 is 2.68 bits per heavy atom. The van der Waals surface area contributed by atoms with Crippen molar-refractivity contribution in [3.05, 3.63) is 44.7 Å². The summed E-state index contributed by atoms with van der Waals surface area (Å²) < 4.78 is 6.97. The number of pyridine rings is 1. The first kappa shape index (κ1) is 16.5. The van der Waals surface area contributed by atoms with Gasteiger partial charge in [-0.2, -0.15) is 0 Å². The van der Waals surface area contributed by atoms with Crippen LogP contribution in [0.3, 0.4) is 0 Å². The molecule has 0 bridgehead atoms. The highest BCUT2D eigenvalue weighted by Crippen LogP contribution is 2.52. The predicted octanol–water partition coefficient (Wildman–Crippen LogP) is 4.38. The Kier molecular flexibility index (Phi) is 3.85. The quantitative estimate of drug-likeness (QED) is 0.859. The number of carboxylic acid groups (broad SMARTS) is 1. The number of thioether (sulfide) groups is 1. The van der Waals surface area contributed by atoms with E-state index in [9.17, 15) is 14.7 Å². The molecule has 1 fully saturated rings. The minimum atomic E-state index is -1.18. The second-order valence-corrected chi connectivity index (χ2v) is 8.11. The molecule has 1 aliphatic carbocycles. The molecule has 7 heteroatoms. The van der Waals surface area contributed by atoms with Gasteiger partial charge in [0, 0.05) is 21.8 Å². The summed E-state index contributed by atoms with van der Waals surface area (Å²) in [5.41, 5.74) is 1.92. The van der Waals surface area contributed by atoms with Crippen LogP contribution in [0.25, 0.3) is 11.3 Å². The minimum absolute atomic E-state index is 0.0251. The van der Waals surface area contributed by atoms with Crippen molar-refractivity contribution in [3.63, 3.8) is 0 Å². The maximum Gasteiger partial charge on any atom is 0.341 e. The van der Waals surface area contributed by atoms with Crippen molar-refractivity contribution in [2.24, 2.45) is 0 Å². The number of aromatic carboxylic acids is 1. The molecule has 130 valence electrons. The van der Waals surface area contributed by atoms with E-state index in [4.69, 9.17) is 16.3 Å². The van der Waals surface area contributed by atoms with Crippen LogP contribution in [-0.4, -0.2) is 22.8 Å². The number of carboxylic acids is 1. The van der Waals surface area contributed by atoms with E-state index in [1.165, 1.54) is 6.07 Å². The van der Waals surface area contributed by atoms with Crippen LogP contribution >= 0.6 is 23.4 Å². The number of benzene rings is 1. The lowest BCUT2D eigenvalue weighted by atomic mass is 9.99. The number of hydrogen-bond donors (Lipinski definition) is 1. The van der Waals surface area contributed by atoms with E-state index < -0.39 is 11.5 Å². The molecule has 0 radical (unpaired) electrons. The van der Waals surface area contributed by atoms with Crippen LogP contribution in [0.5, 0.6) is 5.75 Å². The molecule has 1 N–H and O–H groups in total. The number of carbonyl (C=O) groups is 1. The fourth-order valence-electron chi connectivity index (χ4n) is 3.31. The number of nitrogens with zero attached hydrogens (tertiary/aromatic N) is 1. The van der Waals surface area contributed by atoms with Gasteiger partial charge in [-0.3, -0.25) is 4.79 Å². The van der Waals surface area contributed by atoms with Crippen LogP contribution in [0.2, 0.25) is 5.02 Å². The third-order valence-corrected chi connectivity index (χ3v) is 6.15. The fourth-order valence-corrected chi connectivity index (χ4v) is 4.70. The molecule has 0 spiro atoms. The lowest BCUT2D eigenvalue weighted by molar-refractivity contribution is 0.0694. The highest BCUT2D eigenvalue weighted by Gasteiger charge is 2.35. The molecule has 0 amide bonds. The van der Waals surface area contributed by atoms with Gasteiger partial charge in [-0.15, -0.1) is 11.8 Å². The SMILES string of the molecule is COc1cc2c(cc1Cl)-c1c(cc(C(=O)O)c(=O)n1C1CC1)C(C)S2. The van der Waals surface area contributed by atoms with E-state index in [1.54, 1.807) is 23.4 Å². The Hall–Kier alpha value is -1.92.